The van der Waals surface area contributed by atoms with Crippen LogP contribution in [0.2, 0.25) is 5.02 Å². The number of urea groups is 1. The summed E-state index contributed by atoms with van der Waals surface area (Å²) < 4.78 is 11.5. The lowest BCUT2D eigenvalue weighted by atomic mass is 10.2. The first-order chi connectivity index (χ1) is 12.9. The molecule has 0 fully saturated rings. The Morgan fingerprint density at radius 1 is 1.26 bits per heavy atom. The third-order valence-electron chi connectivity index (χ3n) is 3.14. The molecule has 2 rings (SSSR count). The predicted molar refractivity (Wildman–Crippen MR) is 107 cm³/mol. The van der Waals surface area contributed by atoms with Crippen LogP contribution in [0, 0.1) is 0 Å². The number of amides is 3. The van der Waals surface area contributed by atoms with Crippen molar-refractivity contribution in [2.45, 2.75) is 0 Å². The fourth-order valence-electron chi connectivity index (χ4n) is 1.97. The van der Waals surface area contributed by atoms with Crippen molar-refractivity contribution in [3.63, 3.8) is 0 Å². The van der Waals surface area contributed by atoms with E-state index < -0.39 is 6.03 Å². The maximum absolute atomic E-state index is 12.0. The highest BCUT2D eigenvalue weighted by molar-refractivity contribution is 9.10. The summed E-state index contributed by atoms with van der Waals surface area (Å²) in [5, 5.41) is 6.83. The van der Waals surface area contributed by atoms with E-state index >= 15 is 0 Å². The molecular weight excluding hydrogens is 440 g/mol. The SMILES string of the molecule is COc1cc(C=NNC(N)=O)ccc1OCC(=O)Nc1ccc(Br)c(Cl)c1. The molecule has 0 aliphatic carbocycles. The highest BCUT2D eigenvalue weighted by Gasteiger charge is 2.09. The van der Waals surface area contributed by atoms with Gasteiger partial charge in [0.05, 0.1) is 18.3 Å². The van der Waals surface area contributed by atoms with Gasteiger partial charge in [-0.25, -0.2) is 10.2 Å². The molecule has 0 spiro atoms. The molecule has 0 aliphatic rings. The number of ether oxygens (including phenoxy) is 2. The van der Waals surface area contributed by atoms with Gasteiger partial charge in [-0.1, -0.05) is 11.6 Å². The zero-order chi connectivity index (χ0) is 19.8. The first kappa shape index (κ1) is 20.5. The average molecular weight is 456 g/mol. The number of methoxy groups -OCH3 is 1. The molecule has 0 saturated heterocycles. The van der Waals surface area contributed by atoms with Crippen LogP contribution in [0.5, 0.6) is 11.5 Å². The molecule has 10 heteroatoms. The third kappa shape index (κ3) is 6.46. The Bertz CT molecular complexity index is 876. The van der Waals surface area contributed by atoms with Crippen molar-refractivity contribution in [2.75, 3.05) is 19.0 Å². The summed E-state index contributed by atoms with van der Waals surface area (Å²) in [4.78, 5) is 22.6. The number of primary amides is 1. The minimum absolute atomic E-state index is 0.222. The Hall–Kier alpha value is -2.78. The molecule has 27 heavy (non-hydrogen) atoms. The summed E-state index contributed by atoms with van der Waals surface area (Å²) in [6, 6.07) is 9.23. The zero-order valence-electron chi connectivity index (χ0n) is 14.2. The van der Waals surface area contributed by atoms with Crippen molar-refractivity contribution in [1.29, 1.82) is 0 Å². The van der Waals surface area contributed by atoms with E-state index in [2.05, 4.69) is 31.8 Å². The van der Waals surface area contributed by atoms with Gasteiger partial charge in [-0.15, -0.1) is 0 Å². The van der Waals surface area contributed by atoms with Gasteiger partial charge in [-0.3, -0.25) is 4.79 Å². The fraction of sp³-hybridized carbons (Fsp3) is 0.118. The summed E-state index contributed by atoms with van der Waals surface area (Å²) in [6.45, 7) is -0.222. The van der Waals surface area contributed by atoms with Crippen molar-refractivity contribution in [3.05, 3.63) is 51.5 Å². The van der Waals surface area contributed by atoms with Gasteiger partial charge in [-0.05, 0) is 57.9 Å². The van der Waals surface area contributed by atoms with Crippen LogP contribution in [0.1, 0.15) is 5.56 Å². The molecule has 0 unspecified atom stereocenters. The van der Waals surface area contributed by atoms with Crippen molar-refractivity contribution < 1.29 is 19.1 Å². The molecule has 8 nitrogen and oxygen atoms in total. The number of rotatable bonds is 7. The minimum atomic E-state index is -0.767. The molecule has 0 bridgehead atoms. The Morgan fingerprint density at radius 2 is 2.04 bits per heavy atom. The molecule has 2 aromatic rings. The van der Waals surface area contributed by atoms with E-state index in [1.807, 2.05) is 0 Å². The molecule has 4 N–H and O–H groups in total. The van der Waals surface area contributed by atoms with Gasteiger partial charge in [0.2, 0.25) is 0 Å². The van der Waals surface area contributed by atoms with Crippen LogP contribution in [0.25, 0.3) is 0 Å². The number of hydrazone groups is 1. The van der Waals surface area contributed by atoms with Gasteiger partial charge < -0.3 is 20.5 Å². The van der Waals surface area contributed by atoms with Crippen LogP contribution < -0.4 is 25.9 Å². The van der Waals surface area contributed by atoms with Gasteiger partial charge in [-0.2, -0.15) is 5.10 Å². The molecule has 2 aromatic carbocycles. The normalized spacial score (nSPS) is 10.5. The molecule has 3 amide bonds. The second-order valence-electron chi connectivity index (χ2n) is 5.11. The zero-order valence-corrected chi connectivity index (χ0v) is 16.5. The highest BCUT2D eigenvalue weighted by Crippen LogP contribution is 2.28. The fourth-order valence-corrected chi connectivity index (χ4v) is 2.40. The first-order valence-electron chi connectivity index (χ1n) is 7.53. The van der Waals surface area contributed by atoms with Crippen LogP contribution in [-0.2, 0) is 4.79 Å². The van der Waals surface area contributed by atoms with Crippen molar-refractivity contribution >= 4 is 51.4 Å². The summed E-state index contributed by atoms with van der Waals surface area (Å²) in [6.07, 6.45) is 1.39. The molecule has 0 heterocycles. The summed E-state index contributed by atoms with van der Waals surface area (Å²) in [5.41, 5.74) is 8.20. The minimum Gasteiger partial charge on any atom is -0.493 e. The number of anilines is 1. The van der Waals surface area contributed by atoms with Crippen LogP contribution in [0.15, 0.2) is 46.0 Å². The number of nitrogens with zero attached hydrogens (tertiary/aromatic N) is 1. The highest BCUT2D eigenvalue weighted by atomic mass is 79.9. The van der Waals surface area contributed by atoms with E-state index in [-0.39, 0.29) is 12.5 Å². The second-order valence-corrected chi connectivity index (χ2v) is 6.37. The van der Waals surface area contributed by atoms with E-state index in [1.54, 1.807) is 36.4 Å². The van der Waals surface area contributed by atoms with Crippen LogP contribution in [0.4, 0.5) is 10.5 Å². The molecule has 0 radical (unpaired) electrons. The lowest BCUT2D eigenvalue weighted by molar-refractivity contribution is -0.118. The number of nitrogens with one attached hydrogen (secondary N) is 2. The van der Waals surface area contributed by atoms with Crippen LogP contribution in [0.3, 0.4) is 0 Å². The lowest BCUT2D eigenvalue weighted by Crippen LogP contribution is -2.24. The first-order valence-corrected chi connectivity index (χ1v) is 8.70. The van der Waals surface area contributed by atoms with E-state index in [0.717, 1.165) is 4.47 Å². The van der Waals surface area contributed by atoms with Crippen molar-refractivity contribution in [2.24, 2.45) is 10.8 Å². The number of benzene rings is 2. The molecule has 0 atom stereocenters. The van der Waals surface area contributed by atoms with E-state index in [4.69, 9.17) is 26.8 Å². The Balaban J connectivity index is 1.97. The molecule has 0 aromatic heterocycles. The summed E-state index contributed by atoms with van der Waals surface area (Å²) in [7, 11) is 1.47. The molecular formula is C17H16BrClN4O4. The van der Waals surface area contributed by atoms with E-state index in [0.29, 0.717) is 27.8 Å². The topological polar surface area (TPSA) is 115 Å². The Kier molecular flexibility index (Phi) is 7.44. The van der Waals surface area contributed by atoms with Gasteiger partial charge in [0.25, 0.3) is 5.91 Å². The number of nitrogens with two attached hydrogens (primary N) is 1. The number of halogens is 2. The van der Waals surface area contributed by atoms with Crippen LogP contribution >= 0.6 is 27.5 Å². The summed E-state index contributed by atoms with van der Waals surface area (Å²) >= 11 is 9.27. The van der Waals surface area contributed by atoms with Crippen LogP contribution in [-0.4, -0.2) is 31.9 Å². The Labute approximate surface area is 168 Å². The van der Waals surface area contributed by atoms with Crippen molar-refractivity contribution in [1.82, 2.24) is 5.43 Å². The van der Waals surface area contributed by atoms with Gasteiger partial charge in [0, 0.05) is 10.2 Å². The Morgan fingerprint density at radius 3 is 2.70 bits per heavy atom. The van der Waals surface area contributed by atoms with Gasteiger partial charge in [0.15, 0.2) is 18.1 Å². The molecule has 0 aliphatic heterocycles. The third-order valence-corrected chi connectivity index (χ3v) is 4.37. The van der Waals surface area contributed by atoms with Gasteiger partial charge >= 0.3 is 6.03 Å². The summed E-state index contributed by atoms with van der Waals surface area (Å²) in [5.74, 6) is 0.422. The maximum atomic E-state index is 12.0. The number of hydrogen-bond acceptors (Lipinski definition) is 5. The smallest absolute Gasteiger partial charge is 0.332 e. The molecule has 142 valence electrons. The van der Waals surface area contributed by atoms with Crippen molar-refractivity contribution in [3.8, 4) is 11.5 Å². The number of carbonyl (C=O) groups excluding carboxylic acids is 2. The van der Waals surface area contributed by atoms with E-state index in [9.17, 15) is 9.59 Å². The number of carbonyl (C=O) groups is 2. The van der Waals surface area contributed by atoms with Gasteiger partial charge in [0.1, 0.15) is 0 Å². The maximum Gasteiger partial charge on any atom is 0.332 e. The number of hydrogen-bond donors (Lipinski definition) is 3. The lowest BCUT2D eigenvalue weighted by Gasteiger charge is -2.11. The second kappa shape index (κ2) is 9.79. The molecule has 0 saturated carbocycles. The van der Waals surface area contributed by atoms with E-state index in [1.165, 1.54) is 13.3 Å². The standard InChI is InChI=1S/C17H16BrClN4O4/c1-26-15-6-10(8-21-23-17(20)25)2-5-14(15)27-9-16(24)22-11-3-4-12(18)13(19)7-11/h2-8H,9H2,1H3,(H,22,24)(H3,20,23,25). The monoisotopic (exact) mass is 454 g/mol. The quantitative estimate of drug-likeness (QED) is 0.439. The predicted octanol–water partition coefficient (Wildman–Crippen LogP) is 3.13. The largest absolute Gasteiger partial charge is 0.493 e. The average Bonchev–Trinajstić information content (AvgIpc) is 2.63.